The molecule has 0 bridgehead atoms. The Morgan fingerprint density at radius 2 is 1.86 bits per heavy atom. The summed E-state index contributed by atoms with van der Waals surface area (Å²) in [4.78, 5) is 0. The largest absolute Gasteiger partial charge is 0.313 e. The molecular formula is C17H27NO2S. The molecule has 1 aromatic carbocycles. The Balaban J connectivity index is 2.21. The van der Waals surface area contributed by atoms with Crippen LogP contribution in [0.4, 0.5) is 0 Å². The van der Waals surface area contributed by atoms with Gasteiger partial charge in [0.1, 0.15) is 0 Å². The summed E-state index contributed by atoms with van der Waals surface area (Å²) in [6.45, 7) is 4.87. The number of rotatable bonds is 5. The highest BCUT2D eigenvalue weighted by Gasteiger charge is 2.34. The highest BCUT2D eigenvalue weighted by Crippen LogP contribution is 2.26. The molecule has 0 radical (unpaired) electrons. The molecular weight excluding hydrogens is 282 g/mol. The maximum Gasteiger partial charge on any atom is 0.158 e. The standard InChI is InChI=1S/C17H27NO2S/c1-3-18-16-11-5-4-6-12-17(16)21(19,20)13-15-10-8-7-9-14(15)2/h7-10,16-18H,3-6,11-13H2,1-2H3. The van der Waals surface area contributed by atoms with Gasteiger partial charge in [0.05, 0.1) is 11.0 Å². The zero-order valence-corrected chi connectivity index (χ0v) is 14.0. The topological polar surface area (TPSA) is 46.2 Å². The van der Waals surface area contributed by atoms with Crippen molar-refractivity contribution in [1.29, 1.82) is 0 Å². The second kappa shape index (κ2) is 7.41. The van der Waals surface area contributed by atoms with E-state index in [-0.39, 0.29) is 17.0 Å². The molecule has 4 heteroatoms. The maximum absolute atomic E-state index is 12.9. The van der Waals surface area contributed by atoms with Gasteiger partial charge in [-0.15, -0.1) is 0 Å². The number of hydrogen-bond acceptors (Lipinski definition) is 3. The predicted octanol–water partition coefficient (Wildman–Crippen LogP) is 3.22. The van der Waals surface area contributed by atoms with Crippen molar-refractivity contribution >= 4 is 9.84 Å². The number of hydrogen-bond donors (Lipinski definition) is 1. The van der Waals surface area contributed by atoms with Gasteiger partial charge in [-0.1, -0.05) is 50.5 Å². The highest BCUT2D eigenvalue weighted by atomic mass is 32.2. The summed E-state index contributed by atoms with van der Waals surface area (Å²) in [5.74, 6) is 0.173. The van der Waals surface area contributed by atoms with E-state index in [0.29, 0.717) is 0 Å². The van der Waals surface area contributed by atoms with Gasteiger partial charge in [0.25, 0.3) is 0 Å². The zero-order chi connectivity index (χ0) is 15.3. The fourth-order valence-corrected chi connectivity index (χ4v) is 5.53. The van der Waals surface area contributed by atoms with E-state index in [4.69, 9.17) is 0 Å². The number of aryl methyl sites for hydroxylation is 1. The number of sulfone groups is 1. The molecule has 2 rings (SSSR count). The molecule has 1 fully saturated rings. The molecule has 118 valence electrons. The smallest absolute Gasteiger partial charge is 0.158 e. The van der Waals surface area contributed by atoms with Crippen molar-refractivity contribution in [3.05, 3.63) is 35.4 Å². The molecule has 0 heterocycles. The molecule has 0 aliphatic heterocycles. The van der Waals surface area contributed by atoms with Gasteiger partial charge in [-0.05, 0) is 37.4 Å². The Labute approximate surface area is 129 Å². The summed E-state index contributed by atoms with van der Waals surface area (Å²) in [5.41, 5.74) is 2.01. The summed E-state index contributed by atoms with van der Waals surface area (Å²) in [5, 5.41) is 3.17. The second-order valence-electron chi connectivity index (χ2n) is 6.07. The average molecular weight is 309 g/mol. The minimum atomic E-state index is -3.12. The van der Waals surface area contributed by atoms with Crippen LogP contribution in [0, 0.1) is 6.92 Å². The molecule has 21 heavy (non-hydrogen) atoms. The van der Waals surface area contributed by atoms with E-state index in [1.165, 1.54) is 0 Å². The van der Waals surface area contributed by atoms with Gasteiger partial charge in [0, 0.05) is 6.04 Å². The first kappa shape index (κ1) is 16.5. The maximum atomic E-state index is 12.9. The van der Waals surface area contributed by atoms with Crippen molar-refractivity contribution < 1.29 is 8.42 Å². The molecule has 0 amide bonds. The zero-order valence-electron chi connectivity index (χ0n) is 13.1. The molecule has 1 aromatic rings. The molecule has 0 aromatic heterocycles. The quantitative estimate of drug-likeness (QED) is 0.850. The molecule has 0 saturated heterocycles. The fourth-order valence-electron chi connectivity index (χ4n) is 3.29. The summed E-state index contributed by atoms with van der Waals surface area (Å²) >= 11 is 0. The monoisotopic (exact) mass is 309 g/mol. The first-order valence-electron chi connectivity index (χ1n) is 8.04. The number of benzene rings is 1. The van der Waals surface area contributed by atoms with Crippen molar-refractivity contribution in [2.45, 2.75) is 63.0 Å². The van der Waals surface area contributed by atoms with Crippen molar-refractivity contribution in [2.75, 3.05) is 6.54 Å². The Hall–Kier alpha value is -0.870. The van der Waals surface area contributed by atoms with Crippen LogP contribution in [0.1, 0.15) is 50.2 Å². The third-order valence-corrected chi connectivity index (χ3v) is 6.70. The van der Waals surface area contributed by atoms with E-state index in [1.807, 2.05) is 31.2 Å². The van der Waals surface area contributed by atoms with E-state index < -0.39 is 9.84 Å². The Morgan fingerprint density at radius 3 is 2.57 bits per heavy atom. The van der Waals surface area contributed by atoms with Crippen LogP contribution >= 0.6 is 0 Å². The molecule has 3 nitrogen and oxygen atoms in total. The highest BCUT2D eigenvalue weighted by molar-refractivity contribution is 7.91. The van der Waals surface area contributed by atoms with Gasteiger partial charge < -0.3 is 5.32 Å². The van der Waals surface area contributed by atoms with Crippen LogP contribution in [0.15, 0.2) is 24.3 Å². The predicted molar refractivity (Wildman–Crippen MR) is 88.1 cm³/mol. The Kier molecular flexibility index (Phi) is 5.82. The van der Waals surface area contributed by atoms with Gasteiger partial charge in [0.2, 0.25) is 0 Å². The van der Waals surface area contributed by atoms with E-state index in [2.05, 4.69) is 12.2 Å². The van der Waals surface area contributed by atoms with Crippen molar-refractivity contribution in [3.8, 4) is 0 Å². The average Bonchev–Trinajstić information content (AvgIpc) is 2.68. The summed E-state index contributed by atoms with van der Waals surface area (Å²) < 4.78 is 25.8. The third kappa shape index (κ3) is 4.30. The molecule has 1 N–H and O–H groups in total. The van der Waals surface area contributed by atoms with Crippen molar-refractivity contribution in [2.24, 2.45) is 0 Å². The third-order valence-electron chi connectivity index (χ3n) is 4.50. The minimum absolute atomic E-state index is 0.117. The lowest BCUT2D eigenvalue weighted by atomic mass is 10.1. The molecule has 0 spiro atoms. The van der Waals surface area contributed by atoms with Crippen molar-refractivity contribution in [3.63, 3.8) is 0 Å². The van der Waals surface area contributed by atoms with Crippen LogP contribution in [0.5, 0.6) is 0 Å². The van der Waals surface area contributed by atoms with Crippen LogP contribution in [0.2, 0.25) is 0 Å². The summed E-state index contributed by atoms with van der Waals surface area (Å²) in [6, 6.07) is 7.92. The van der Waals surface area contributed by atoms with Gasteiger partial charge in [-0.25, -0.2) is 8.42 Å². The van der Waals surface area contributed by atoms with Gasteiger partial charge in [0.15, 0.2) is 9.84 Å². The number of nitrogens with one attached hydrogen (secondary N) is 1. The summed E-state index contributed by atoms with van der Waals surface area (Å²) in [6.07, 6.45) is 5.09. The van der Waals surface area contributed by atoms with Crippen molar-refractivity contribution in [1.82, 2.24) is 5.32 Å². The lowest BCUT2D eigenvalue weighted by molar-refractivity contribution is 0.459. The molecule has 1 aliphatic rings. The Morgan fingerprint density at radius 1 is 1.14 bits per heavy atom. The van der Waals surface area contributed by atoms with Crippen LogP contribution in [0.3, 0.4) is 0 Å². The van der Waals surface area contributed by atoms with E-state index in [1.54, 1.807) is 0 Å². The van der Waals surface area contributed by atoms with Gasteiger partial charge in [-0.3, -0.25) is 0 Å². The van der Waals surface area contributed by atoms with Crippen LogP contribution in [0.25, 0.3) is 0 Å². The Bertz CT molecular complexity index is 554. The fraction of sp³-hybridized carbons (Fsp3) is 0.647. The van der Waals surface area contributed by atoms with E-state index in [0.717, 1.165) is 49.8 Å². The second-order valence-corrected chi connectivity index (χ2v) is 8.29. The van der Waals surface area contributed by atoms with Gasteiger partial charge >= 0.3 is 0 Å². The SMILES string of the molecule is CCNC1CCCCCC1S(=O)(=O)Cc1ccccc1C. The molecule has 2 unspecified atom stereocenters. The first-order valence-corrected chi connectivity index (χ1v) is 9.75. The molecule has 2 atom stereocenters. The van der Waals surface area contributed by atoms with Crippen LogP contribution in [-0.2, 0) is 15.6 Å². The van der Waals surface area contributed by atoms with Crippen LogP contribution in [-0.4, -0.2) is 26.3 Å². The summed E-state index contributed by atoms with van der Waals surface area (Å²) in [7, 11) is -3.12. The normalized spacial score (nSPS) is 23.7. The van der Waals surface area contributed by atoms with Crippen LogP contribution < -0.4 is 5.32 Å². The minimum Gasteiger partial charge on any atom is -0.313 e. The van der Waals surface area contributed by atoms with Gasteiger partial charge in [-0.2, -0.15) is 0 Å². The molecule has 1 aliphatic carbocycles. The lowest BCUT2D eigenvalue weighted by Crippen LogP contribution is -2.44. The molecule has 1 saturated carbocycles. The van der Waals surface area contributed by atoms with E-state index in [9.17, 15) is 8.42 Å². The lowest BCUT2D eigenvalue weighted by Gasteiger charge is -2.26. The first-order chi connectivity index (χ1) is 10.0. The van der Waals surface area contributed by atoms with E-state index >= 15 is 0 Å².